The maximum Gasteiger partial charge on any atom is 0.119 e. The van der Waals surface area contributed by atoms with Crippen molar-refractivity contribution in [3.05, 3.63) is 65.7 Å². The van der Waals surface area contributed by atoms with Crippen LogP contribution in [0.5, 0.6) is 5.75 Å². The second-order valence-electron chi connectivity index (χ2n) is 8.92. The van der Waals surface area contributed by atoms with E-state index in [0.29, 0.717) is 0 Å². The Bertz CT molecular complexity index is 748. The minimum absolute atomic E-state index is 0.677. The van der Waals surface area contributed by atoms with Gasteiger partial charge in [0.15, 0.2) is 0 Å². The number of ether oxygens (including phenoxy) is 1. The number of benzene rings is 2. The molecule has 0 aromatic heterocycles. The molecule has 1 N–H and O–H groups in total. The molecular formula is C26H36N2O2. The molecular weight excluding hydrogens is 372 g/mol. The number of aliphatic hydroxyl groups is 1. The van der Waals surface area contributed by atoms with E-state index in [1.807, 2.05) is 30.3 Å². The van der Waals surface area contributed by atoms with Gasteiger partial charge < -0.3 is 14.7 Å². The minimum Gasteiger partial charge on any atom is -0.494 e. The number of likely N-dealkylation sites (tertiary alicyclic amines) is 2. The molecule has 0 atom stereocenters. The zero-order valence-corrected chi connectivity index (χ0v) is 18.1. The van der Waals surface area contributed by atoms with E-state index in [1.165, 1.54) is 37.9 Å². The molecule has 0 spiro atoms. The van der Waals surface area contributed by atoms with Crippen LogP contribution in [0.15, 0.2) is 54.6 Å². The highest BCUT2D eigenvalue weighted by Gasteiger charge is 2.33. The number of piperidine rings is 2. The van der Waals surface area contributed by atoms with Gasteiger partial charge in [-0.2, -0.15) is 0 Å². The first kappa shape index (κ1) is 21.4. The second kappa shape index (κ2) is 10.4. The van der Waals surface area contributed by atoms with Crippen molar-refractivity contribution in [2.45, 2.75) is 50.7 Å². The van der Waals surface area contributed by atoms with Gasteiger partial charge in [-0.25, -0.2) is 0 Å². The summed E-state index contributed by atoms with van der Waals surface area (Å²) in [5.74, 6) is 0.967. The number of nitrogens with zero attached hydrogens (tertiary/aromatic N) is 2. The lowest BCUT2D eigenvalue weighted by atomic mass is 9.84. The van der Waals surface area contributed by atoms with E-state index in [4.69, 9.17) is 4.74 Å². The van der Waals surface area contributed by atoms with Crippen molar-refractivity contribution in [3.8, 4) is 5.75 Å². The third-order valence-electron chi connectivity index (χ3n) is 6.66. The van der Waals surface area contributed by atoms with Crippen molar-refractivity contribution < 1.29 is 9.84 Å². The minimum atomic E-state index is -0.677. The molecule has 30 heavy (non-hydrogen) atoms. The second-order valence-corrected chi connectivity index (χ2v) is 8.92. The average Bonchev–Trinajstić information content (AvgIpc) is 2.81. The third kappa shape index (κ3) is 5.84. The molecule has 0 saturated carbocycles. The van der Waals surface area contributed by atoms with Crippen LogP contribution >= 0.6 is 0 Å². The van der Waals surface area contributed by atoms with Gasteiger partial charge in [0, 0.05) is 26.2 Å². The first-order valence-electron chi connectivity index (χ1n) is 11.7. The van der Waals surface area contributed by atoms with E-state index in [-0.39, 0.29) is 0 Å². The van der Waals surface area contributed by atoms with E-state index in [2.05, 4.69) is 34.1 Å². The fourth-order valence-corrected chi connectivity index (χ4v) is 4.73. The first-order valence-corrected chi connectivity index (χ1v) is 11.7. The van der Waals surface area contributed by atoms with E-state index in [0.717, 1.165) is 63.4 Å². The predicted molar refractivity (Wildman–Crippen MR) is 122 cm³/mol. The molecule has 2 saturated heterocycles. The standard InChI is InChI=1S/C26H36N2O2/c29-26(24-8-3-1-4-9-24)14-19-28(20-15-26)22-23-10-12-25(13-11-23)30-21-7-18-27-16-5-2-6-17-27/h1,3-4,8-13,29H,2,5-7,14-22H2. The first-order chi connectivity index (χ1) is 14.7. The van der Waals surface area contributed by atoms with Crippen molar-refractivity contribution in [3.63, 3.8) is 0 Å². The Morgan fingerprint density at radius 3 is 2.20 bits per heavy atom. The van der Waals surface area contributed by atoms with Gasteiger partial charge in [-0.05, 0) is 68.5 Å². The summed E-state index contributed by atoms with van der Waals surface area (Å²) in [6.07, 6.45) is 6.77. The molecule has 2 aliphatic rings. The topological polar surface area (TPSA) is 35.9 Å². The normalized spacial score (nSPS) is 20.2. The molecule has 2 aromatic rings. The van der Waals surface area contributed by atoms with Gasteiger partial charge >= 0.3 is 0 Å². The van der Waals surface area contributed by atoms with Crippen LogP contribution in [0.4, 0.5) is 0 Å². The van der Waals surface area contributed by atoms with Crippen LogP contribution in [0.1, 0.15) is 49.7 Å². The summed E-state index contributed by atoms with van der Waals surface area (Å²) in [6.45, 7) is 7.23. The summed E-state index contributed by atoms with van der Waals surface area (Å²) in [6, 6.07) is 18.7. The zero-order valence-electron chi connectivity index (χ0n) is 18.1. The summed E-state index contributed by atoms with van der Waals surface area (Å²) in [5.41, 5.74) is 1.68. The molecule has 2 heterocycles. The van der Waals surface area contributed by atoms with Crippen molar-refractivity contribution in [2.75, 3.05) is 39.3 Å². The summed E-state index contributed by atoms with van der Waals surface area (Å²) in [5, 5.41) is 11.0. The average molecular weight is 409 g/mol. The molecule has 4 heteroatoms. The third-order valence-corrected chi connectivity index (χ3v) is 6.66. The van der Waals surface area contributed by atoms with Crippen LogP contribution < -0.4 is 4.74 Å². The largest absolute Gasteiger partial charge is 0.494 e. The SMILES string of the molecule is OC1(c2ccccc2)CCN(Cc2ccc(OCCCN3CCCCC3)cc2)CC1. The van der Waals surface area contributed by atoms with Crippen molar-refractivity contribution in [2.24, 2.45) is 0 Å². The lowest BCUT2D eigenvalue weighted by Gasteiger charge is -2.38. The summed E-state index contributed by atoms with van der Waals surface area (Å²) >= 11 is 0. The van der Waals surface area contributed by atoms with Gasteiger partial charge in [0.05, 0.1) is 12.2 Å². The smallest absolute Gasteiger partial charge is 0.119 e. The van der Waals surface area contributed by atoms with Gasteiger partial charge in [0.1, 0.15) is 5.75 Å². The van der Waals surface area contributed by atoms with Crippen LogP contribution in [-0.4, -0.2) is 54.2 Å². The molecule has 0 bridgehead atoms. The molecule has 2 aromatic carbocycles. The molecule has 2 aliphatic heterocycles. The van der Waals surface area contributed by atoms with Crippen molar-refractivity contribution >= 4 is 0 Å². The van der Waals surface area contributed by atoms with Crippen molar-refractivity contribution in [1.29, 1.82) is 0 Å². The summed E-state index contributed by atoms with van der Waals surface area (Å²) < 4.78 is 5.94. The zero-order chi connectivity index (χ0) is 20.7. The van der Waals surface area contributed by atoms with Gasteiger partial charge in [-0.3, -0.25) is 4.90 Å². The Balaban J connectivity index is 1.18. The Morgan fingerprint density at radius 1 is 0.800 bits per heavy atom. The number of hydrogen-bond donors (Lipinski definition) is 1. The highest BCUT2D eigenvalue weighted by Crippen LogP contribution is 2.33. The molecule has 4 nitrogen and oxygen atoms in total. The lowest BCUT2D eigenvalue weighted by molar-refractivity contribution is -0.0277. The molecule has 0 aliphatic carbocycles. The van der Waals surface area contributed by atoms with Crippen LogP contribution in [0.3, 0.4) is 0 Å². The van der Waals surface area contributed by atoms with E-state index in [1.54, 1.807) is 0 Å². The Morgan fingerprint density at radius 2 is 1.50 bits per heavy atom. The molecule has 2 fully saturated rings. The van der Waals surface area contributed by atoms with Crippen LogP contribution in [0.2, 0.25) is 0 Å². The maximum atomic E-state index is 11.0. The predicted octanol–water partition coefficient (Wildman–Crippen LogP) is 4.43. The molecule has 0 amide bonds. The van der Waals surface area contributed by atoms with E-state index >= 15 is 0 Å². The monoisotopic (exact) mass is 408 g/mol. The molecule has 0 unspecified atom stereocenters. The summed E-state index contributed by atoms with van der Waals surface area (Å²) in [7, 11) is 0. The highest BCUT2D eigenvalue weighted by atomic mass is 16.5. The Kier molecular flexibility index (Phi) is 7.42. The fourth-order valence-electron chi connectivity index (χ4n) is 4.73. The Labute approximate surface area is 181 Å². The van der Waals surface area contributed by atoms with Gasteiger partial charge in [-0.1, -0.05) is 48.9 Å². The molecule has 0 radical (unpaired) electrons. The van der Waals surface area contributed by atoms with E-state index in [9.17, 15) is 5.11 Å². The Hall–Kier alpha value is -1.88. The van der Waals surface area contributed by atoms with Crippen LogP contribution in [0, 0.1) is 0 Å². The summed E-state index contributed by atoms with van der Waals surface area (Å²) in [4.78, 5) is 5.00. The van der Waals surface area contributed by atoms with Gasteiger partial charge in [0.2, 0.25) is 0 Å². The van der Waals surface area contributed by atoms with Gasteiger partial charge in [0.25, 0.3) is 0 Å². The number of hydrogen-bond acceptors (Lipinski definition) is 4. The highest BCUT2D eigenvalue weighted by molar-refractivity contribution is 5.27. The van der Waals surface area contributed by atoms with E-state index < -0.39 is 5.60 Å². The number of rotatable bonds is 8. The molecule has 162 valence electrons. The molecule has 4 rings (SSSR count). The van der Waals surface area contributed by atoms with Gasteiger partial charge in [-0.15, -0.1) is 0 Å². The quantitative estimate of drug-likeness (QED) is 0.656. The fraction of sp³-hybridized carbons (Fsp3) is 0.538. The van der Waals surface area contributed by atoms with Crippen LogP contribution in [0.25, 0.3) is 0 Å². The van der Waals surface area contributed by atoms with Crippen molar-refractivity contribution in [1.82, 2.24) is 9.80 Å². The maximum absolute atomic E-state index is 11.0. The lowest BCUT2D eigenvalue weighted by Crippen LogP contribution is -2.42. The van der Waals surface area contributed by atoms with Crippen LogP contribution in [-0.2, 0) is 12.1 Å².